The lowest BCUT2D eigenvalue weighted by molar-refractivity contribution is -0.870. The molecule has 0 aliphatic heterocycles. The third-order valence-corrected chi connectivity index (χ3v) is 18.1. The predicted molar refractivity (Wildman–Crippen MR) is 370 cm³/mol. The minimum absolute atomic E-state index is 0.0285. The maximum atomic E-state index is 12.9. The smallest absolute Gasteiger partial charge is 0.306 e. The van der Waals surface area contributed by atoms with Gasteiger partial charge in [-0.25, -0.2) is 0 Å². The van der Waals surface area contributed by atoms with E-state index in [1.807, 2.05) is 21.1 Å². The zero-order chi connectivity index (χ0) is 62.6. The monoisotopic (exact) mass is 1230 g/mol. The maximum absolute atomic E-state index is 12.9. The highest BCUT2D eigenvalue weighted by molar-refractivity contribution is 7.45. The lowest BCUT2D eigenvalue weighted by Gasteiger charge is -2.28. The summed E-state index contributed by atoms with van der Waals surface area (Å²) >= 11 is 0. The van der Waals surface area contributed by atoms with E-state index in [9.17, 15) is 19.0 Å². The van der Waals surface area contributed by atoms with Crippen molar-refractivity contribution in [2.45, 2.75) is 392 Å². The molecule has 0 aromatic carbocycles. The van der Waals surface area contributed by atoms with Crippen LogP contribution >= 0.6 is 7.82 Å². The van der Waals surface area contributed by atoms with E-state index in [2.05, 4.69) is 50.3 Å². The number of ether oxygens (including phenoxy) is 2. The molecule has 0 heterocycles. The summed E-state index contributed by atoms with van der Waals surface area (Å²) in [4.78, 5) is 38.1. The van der Waals surface area contributed by atoms with E-state index in [0.717, 1.165) is 51.4 Å². The van der Waals surface area contributed by atoms with E-state index in [1.165, 1.54) is 302 Å². The highest BCUT2D eigenvalue weighted by Crippen LogP contribution is 2.38. The highest BCUT2D eigenvalue weighted by Gasteiger charge is 2.22. The van der Waals surface area contributed by atoms with Crippen LogP contribution in [0.5, 0.6) is 0 Å². The van der Waals surface area contributed by atoms with E-state index in [-0.39, 0.29) is 32.0 Å². The number of allylic oxidation sites excluding steroid dienone is 6. The predicted octanol–water partition coefficient (Wildman–Crippen LogP) is 24.0. The molecule has 0 fully saturated rings. The molecule has 0 aromatic rings. The number of unbranched alkanes of at least 4 members (excludes halogenated alkanes) is 51. The van der Waals surface area contributed by atoms with Crippen LogP contribution in [0.3, 0.4) is 0 Å². The first-order chi connectivity index (χ1) is 42.0. The summed E-state index contributed by atoms with van der Waals surface area (Å²) in [6.07, 6.45) is 86.8. The third-order valence-electron chi connectivity index (χ3n) is 17.2. The molecule has 0 radical (unpaired) electrons. The maximum Gasteiger partial charge on any atom is 0.306 e. The zero-order valence-electron chi connectivity index (χ0n) is 58.0. The van der Waals surface area contributed by atoms with Gasteiger partial charge in [0.15, 0.2) is 6.10 Å². The summed E-state index contributed by atoms with van der Waals surface area (Å²) in [5.41, 5.74) is 0. The van der Waals surface area contributed by atoms with E-state index in [4.69, 9.17) is 18.5 Å². The molecular weight excluding hydrogens is 1090 g/mol. The first kappa shape index (κ1) is 84.2. The number of carbonyl (C=O) groups excluding carboxylic acids is 2. The third kappa shape index (κ3) is 71.3. The molecule has 2 unspecified atom stereocenters. The van der Waals surface area contributed by atoms with Crippen LogP contribution in [0.1, 0.15) is 386 Å². The molecule has 0 saturated carbocycles. The molecule has 10 heteroatoms. The molecule has 0 spiro atoms. The van der Waals surface area contributed by atoms with E-state index in [0.29, 0.717) is 17.4 Å². The number of nitrogens with zero attached hydrogens (tertiary/aromatic N) is 1. The Morgan fingerprint density at radius 3 is 0.930 bits per heavy atom. The van der Waals surface area contributed by atoms with Gasteiger partial charge in [0.2, 0.25) is 0 Å². The molecule has 86 heavy (non-hydrogen) atoms. The summed E-state index contributed by atoms with van der Waals surface area (Å²) in [6, 6.07) is 0. The van der Waals surface area contributed by atoms with Crippen molar-refractivity contribution in [3.63, 3.8) is 0 Å². The van der Waals surface area contributed by atoms with E-state index in [1.54, 1.807) is 0 Å². The first-order valence-electron chi connectivity index (χ1n) is 37.7. The fourth-order valence-corrected chi connectivity index (χ4v) is 12.1. The Morgan fingerprint density at radius 1 is 0.360 bits per heavy atom. The van der Waals surface area contributed by atoms with Crippen molar-refractivity contribution in [1.82, 2.24) is 0 Å². The number of esters is 2. The van der Waals surface area contributed by atoms with E-state index >= 15 is 0 Å². The van der Waals surface area contributed by atoms with Gasteiger partial charge in [0.05, 0.1) is 27.7 Å². The molecule has 0 saturated heterocycles. The van der Waals surface area contributed by atoms with Crippen molar-refractivity contribution < 1.29 is 42.1 Å². The number of rotatable bonds is 71. The van der Waals surface area contributed by atoms with Crippen molar-refractivity contribution in [3.8, 4) is 0 Å². The molecule has 0 aliphatic rings. The van der Waals surface area contributed by atoms with Crippen LogP contribution < -0.4 is 4.89 Å². The van der Waals surface area contributed by atoms with Crippen molar-refractivity contribution in [3.05, 3.63) is 36.5 Å². The average Bonchev–Trinajstić information content (AvgIpc) is 3.67. The van der Waals surface area contributed by atoms with Gasteiger partial charge in [-0.2, -0.15) is 0 Å². The van der Waals surface area contributed by atoms with Crippen molar-refractivity contribution >= 4 is 19.8 Å². The number of hydrogen-bond acceptors (Lipinski definition) is 8. The van der Waals surface area contributed by atoms with Gasteiger partial charge in [-0.3, -0.25) is 14.2 Å². The fraction of sp³-hybridized carbons (Fsp3) is 0.895. The van der Waals surface area contributed by atoms with Gasteiger partial charge >= 0.3 is 11.9 Å². The molecular formula is C76H146NO8P. The topological polar surface area (TPSA) is 111 Å². The van der Waals surface area contributed by atoms with Crippen LogP contribution in [0.4, 0.5) is 0 Å². The Bertz CT molecular complexity index is 1540. The minimum atomic E-state index is -4.64. The Labute approximate surface area is 535 Å². The van der Waals surface area contributed by atoms with Gasteiger partial charge in [-0.1, -0.05) is 359 Å². The molecule has 2 atom stereocenters. The van der Waals surface area contributed by atoms with Crippen molar-refractivity contribution in [2.24, 2.45) is 0 Å². The average molecular weight is 1230 g/mol. The van der Waals surface area contributed by atoms with Crippen LogP contribution in [-0.2, 0) is 32.7 Å². The molecule has 9 nitrogen and oxygen atoms in total. The quantitative estimate of drug-likeness (QED) is 0.0195. The lowest BCUT2D eigenvalue weighted by atomic mass is 10.0. The molecule has 0 aromatic heterocycles. The summed E-state index contributed by atoms with van der Waals surface area (Å²) in [7, 11) is 1.19. The molecule has 0 amide bonds. The Kier molecular flexibility index (Phi) is 66.2. The highest BCUT2D eigenvalue weighted by atomic mass is 31.2. The Balaban J connectivity index is 3.95. The Morgan fingerprint density at radius 2 is 0.628 bits per heavy atom. The van der Waals surface area contributed by atoms with E-state index < -0.39 is 26.5 Å². The summed E-state index contributed by atoms with van der Waals surface area (Å²) in [5.74, 6) is -0.812. The molecule has 0 N–H and O–H groups in total. The summed E-state index contributed by atoms with van der Waals surface area (Å²) in [6.45, 7) is 4.30. The largest absolute Gasteiger partial charge is 0.756 e. The number of likely N-dealkylation sites (N-methyl/N-ethyl adjacent to an activating group) is 1. The summed E-state index contributed by atoms with van der Waals surface area (Å²) in [5, 5.41) is 0. The second-order valence-corrected chi connectivity index (χ2v) is 28.4. The SMILES string of the molecule is CCCCCCC/C=C\C/C=C\C/C=C\CCCCCCCCCCCCCCCCC(=O)OC(COC(=O)CCCCCCCCCCCCCCCCCCCCCCCCCCCCCCCCCCC)COP(=O)([O-])OCC[N+](C)(C)C. The minimum Gasteiger partial charge on any atom is -0.756 e. The molecule has 0 bridgehead atoms. The van der Waals surface area contributed by atoms with Crippen LogP contribution in [0.15, 0.2) is 36.5 Å². The zero-order valence-corrected chi connectivity index (χ0v) is 58.9. The van der Waals surface area contributed by atoms with Gasteiger partial charge < -0.3 is 27.9 Å². The lowest BCUT2D eigenvalue weighted by Crippen LogP contribution is -2.37. The number of hydrogen-bond donors (Lipinski definition) is 0. The van der Waals surface area contributed by atoms with Crippen LogP contribution in [0.2, 0.25) is 0 Å². The van der Waals surface area contributed by atoms with Crippen LogP contribution in [0.25, 0.3) is 0 Å². The van der Waals surface area contributed by atoms with Gasteiger partial charge in [0.1, 0.15) is 19.8 Å². The van der Waals surface area contributed by atoms with Crippen LogP contribution in [-0.4, -0.2) is 70.0 Å². The first-order valence-corrected chi connectivity index (χ1v) is 39.2. The normalized spacial score (nSPS) is 13.2. The molecule has 508 valence electrons. The van der Waals surface area contributed by atoms with Crippen LogP contribution in [0, 0.1) is 0 Å². The van der Waals surface area contributed by atoms with Gasteiger partial charge in [0, 0.05) is 12.8 Å². The molecule has 0 aliphatic carbocycles. The van der Waals surface area contributed by atoms with Gasteiger partial charge in [0.25, 0.3) is 7.82 Å². The second kappa shape index (κ2) is 67.6. The number of phosphoric ester groups is 1. The second-order valence-electron chi connectivity index (χ2n) is 27.0. The molecule has 0 rings (SSSR count). The Hall–Kier alpha value is -1.77. The number of quaternary nitrogens is 1. The fourth-order valence-electron chi connectivity index (χ4n) is 11.4. The van der Waals surface area contributed by atoms with Gasteiger partial charge in [-0.15, -0.1) is 0 Å². The van der Waals surface area contributed by atoms with Crippen molar-refractivity contribution in [2.75, 3.05) is 47.5 Å². The van der Waals surface area contributed by atoms with Gasteiger partial charge in [-0.05, 0) is 51.4 Å². The standard InChI is InChI=1S/C76H146NO8P/c1-6-8-10-12-14-16-18-20-22-24-26-28-30-32-34-36-37-38-39-41-42-44-46-48-50-52-54-56-58-60-62-64-66-68-75(78)82-72-74(73-84-86(80,81)83-71-70-77(3,4)5)85-76(79)69-67-65-63-61-59-57-55-53-51-49-47-45-43-40-35-33-31-29-27-25-23-21-19-17-15-13-11-9-7-2/h19,21,25,27,31,33,74H,6-18,20,22-24,26,28-30,32,34-73H2,1-5H3/b21-19-,27-25-,33-31-. The number of carbonyl (C=O) groups is 2. The summed E-state index contributed by atoms with van der Waals surface area (Å²) < 4.78 is 34.4. The van der Waals surface area contributed by atoms with Crippen molar-refractivity contribution in [1.29, 1.82) is 0 Å². The number of phosphoric acid groups is 1.